The van der Waals surface area contributed by atoms with Gasteiger partial charge in [-0.25, -0.2) is 0 Å². The monoisotopic (exact) mass is 372 g/mol. The predicted octanol–water partition coefficient (Wildman–Crippen LogP) is 5.16. The van der Waals surface area contributed by atoms with Gasteiger partial charge in [-0.15, -0.1) is 0 Å². The van der Waals surface area contributed by atoms with Gasteiger partial charge in [-0.2, -0.15) is 0 Å². The lowest BCUT2D eigenvalue weighted by Gasteiger charge is -2.13. The molecule has 0 aliphatic rings. The van der Waals surface area contributed by atoms with Crippen LogP contribution in [0.1, 0.15) is 18.1 Å². The maximum Gasteiger partial charge on any atom is 0.196 e. The fourth-order valence-electron chi connectivity index (χ4n) is 3.34. The standard InChI is InChI=1S/C24H20O4/c1-2-27-21-14-8-11-17(22(21)25)15-19-23(26)18-12-6-7-13-20(18)28-24(19)16-9-4-3-5-10-16/h3-14,25H,2,15H2,1H3. The zero-order valence-corrected chi connectivity index (χ0v) is 15.5. The normalized spacial score (nSPS) is 10.9. The first-order chi connectivity index (χ1) is 13.7. The molecule has 1 N–H and O–H groups in total. The average molecular weight is 372 g/mol. The summed E-state index contributed by atoms with van der Waals surface area (Å²) in [6, 6.07) is 22.1. The lowest BCUT2D eigenvalue weighted by molar-refractivity contribution is 0.317. The molecule has 0 unspecified atom stereocenters. The largest absolute Gasteiger partial charge is 0.504 e. The summed E-state index contributed by atoms with van der Waals surface area (Å²) in [6.45, 7) is 2.31. The summed E-state index contributed by atoms with van der Waals surface area (Å²) in [5.41, 5.74) is 2.39. The van der Waals surface area contributed by atoms with E-state index >= 15 is 0 Å². The van der Waals surface area contributed by atoms with Crippen molar-refractivity contribution < 1.29 is 14.3 Å². The highest BCUT2D eigenvalue weighted by molar-refractivity contribution is 5.80. The summed E-state index contributed by atoms with van der Waals surface area (Å²) in [5, 5.41) is 11.1. The van der Waals surface area contributed by atoms with E-state index in [2.05, 4.69) is 0 Å². The van der Waals surface area contributed by atoms with Gasteiger partial charge < -0.3 is 14.3 Å². The molecule has 0 aliphatic carbocycles. The van der Waals surface area contributed by atoms with Crippen LogP contribution in [0.25, 0.3) is 22.3 Å². The zero-order chi connectivity index (χ0) is 19.5. The van der Waals surface area contributed by atoms with E-state index in [9.17, 15) is 9.90 Å². The molecule has 0 fully saturated rings. The van der Waals surface area contributed by atoms with Gasteiger partial charge in [0.1, 0.15) is 11.3 Å². The number of rotatable bonds is 5. The zero-order valence-electron chi connectivity index (χ0n) is 15.5. The number of fused-ring (bicyclic) bond motifs is 1. The summed E-state index contributed by atoms with van der Waals surface area (Å²) in [5.74, 6) is 0.980. The number of hydrogen-bond acceptors (Lipinski definition) is 4. The highest BCUT2D eigenvalue weighted by Gasteiger charge is 2.18. The third-order valence-electron chi connectivity index (χ3n) is 4.68. The summed E-state index contributed by atoms with van der Waals surface area (Å²) < 4.78 is 11.6. The van der Waals surface area contributed by atoms with E-state index in [0.717, 1.165) is 5.56 Å². The van der Waals surface area contributed by atoms with Crippen molar-refractivity contribution in [2.24, 2.45) is 0 Å². The van der Waals surface area contributed by atoms with Crippen LogP contribution < -0.4 is 10.2 Å². The van der Waals surface area contributed by atoms with E-state index < -0.39 is 0 Å². The minimum absolute atomic E-state index is 0.0518. The molecule has 0 bridgehead atoms. The Labute approximate surface area is 162 Å². The summed E-state index contributed by atoms with van der Waals surface area (Å²) in [7, 11) is 0. The predicted molar refractivity (Wildman–Crippen MR) is 110 cm³/mol. The third kappa shape index (κ3) is 3.25. The van der Waals surface area contributed by atoms with Crippen LogP contribution in [0, 0.1) is 0 Å². The van der Waals surface area contributed by atoms with Crippen LogP contribution in [-0.2, 0) is 6.42 Å². The lowest BCUT2D eigenvalue weighted by Crippen LogP contribution is -2.12. The number of para-hydroxylation sites is 2. The van der Waals surface area contributed by atoms with Crippen LogP contribution in [-0.4, -0.2) is 11.7 Å². The van der Waals surface area contributed by atoms with Gasteiger partial charge in [0.05, 0.1) is 12.0 Å². The second-order valence-electron chi connectivity index (χ2n) is 6.47. The molecule has 0 radical (unpaired) electrons. The highest BCUT2D eigenvalue weighted by Crippen LogP contribution is 2.33. The minimum atomic E-state index is -0.0954. The van der Waals surface area contributed by atoms with Crippen LogP contribution in [0.3, 0.4) is 0 Å². The topological polar surface area (TPSA) is 59.7 Å². The first kappa shape index (κ1) is 17.9. The Hall–Kier alpha value is -3.53. The number of benzene rings is 3. The van der Waals surface area contributed by atoms with E-state index in [4.69, 9.17) is 9.15 Å². The van der Waals surface area contributed by atoms with Crippen molar-refractivity contribution in [1.82, 2.24) is 0 Å². The first-order valence-electron chi connectivity index (χ1n) is 9.23. The fourth-order valence-corrected chi connectivity index (χ4v) is 3.34. The minimum Gasteiger partial charge on any atom is -0.504 e. The molecule has 3 aromatic carbocycles. The molecule has 0 amide bonds. The lowest BCUT2D eigenvalue weighted by atomic mass is 9.98. The number of phenols is 1. The maximum atomic E-state index is 13.3. The van der Waals surface area contributed by atoms with Crippen molar-refractivity contribution in [3.05, 3.63) is 94.1 Å². The summed E-state index contributed by atoms with van der Waals surface area (Å²) in [4.78, 5) is 13.3. The molecule has 0 atom stereocenters. The Kier molecular flexibility index (Phi) is 4.85. The molecule has 140 valence electrons. The molecular weight excluding hydrogens is 352 g/mol. The van der Waals surface area contributed by atoms with Crippen LogP contribution in [0.2, 0.25) is 0 Å². The Morgan fingerprint density at radius 1 is 0.929 bits per heavy atom. The Bertz CT molecular complexity index is 1180. The van der Waals surface area contributed by atoms with Gasteiger partial charge >= 0.3 is 0 Å². The van der Waals surface area contributed by atoms with Crippen molar-refractivity contribution in [2.75, 3.05) is 6.61 Å². The molecule has 0 aliphatic heterocycles. The van der Waals surface area contributed by atoms with E-state index in [-0.39, 0.29) is 17.6 Å². The van der Waals surface area contributed by atoms with Crippen LogP contribution in [0.5, 0.6) is 11.5 Å². The Morgan fingerprint density at radius 2 is 1.68 bits per heavy atom. The number of ether oxygens (including phenoxy) is 1. The summed E-state index contributed by atoms with van der Waals surface area (Å²) >= 11 is 0. The van der Waals surface area contributed by atoms with Crippen molar-refractivity contribution in [1.29, 1.82) is 0 Å². The van der Waals surface area contributed by atoms with Gasteiger partial charge in [0.25, 0.3) is 0 Å². The molecule has 4 heteroatoms. The summed E-state index contributed by atoms with van der Waals surface area (Å²) in [6.07, 6.45) is 0.240. The highest BCUT2D eigenvalue weighted by atomic mass is 16.5. The van der Waals surface area contributed by atoms with Crippen molar-refractivity contribution >= 4 is 11.0 Å². The Balaban J connectivity index is 1.92. The van der Waals surface area contributed by atoms with Gasteiger partial charge in [0, 0.05) is 23.1 Å². The molecule has 0 saturated carbocycles. The van der Waals surface area contributed by atoms with E-state index in [0.29, 0.717) is 40.2 Å². The van der Waals surface area contributed by atoms with E-state index in [1.54, 1.807) is 24.3 Å². The number of phenolic OH excluding ortho intramolecular Hbond substituents is 1. The second-order valence-corrected chi connectivity index (χ2v) is 6.47. The van der Waals surface area contributed by atoms with E-state index in [1.165, 1.54) is 0 Å². The molecule has 28 heavy (non-hydrogen) atoms. The van der Waals surface area contributed by atoms with Crippen molar-refractivity contribution in [3.63, 3.8) is 0 Å². The van der Waals surface area contributed by atoms with Crippen molar-refractivity contribution in [3.8, 4) is 22.8 Å². The van der Waals surface area contributed by atoms with Crippen LogP contribution >= 0.6 is 0 Å². The number of aromatic hydroxyl groups is 1. The van der Waals surface area contributed by atoms with Gasteiger partial charge in [0.15, 0.2) is 16.9 Å². The maximum absolute atomic E-state index is 13.3. The third-order valence-corrected chi connectivity index (χ3v) is 4.68. The van der Waals surface area contributed by atoms with E-state index in [1.807, 2.05) is 55.5 Å². The molecule has 1 heterocycles. The quantitative estimate of drug-likeness (QED) is 0.526. The molecule has 0 saturated heterocycles. The van der Waals surface area contributed by atoms with Crippen molar-refractivity contribution in [2.45, 2.75) is 13.3 Å². The molecular formula is C24H20O4. The fraction of sp³-hybridized carbons (Fsp3) is 0.125. The molecule has 0 spiro atoms. The smallest absolute Gasteiger partial charge is 0.196 e. The number of hydrogen-bond donors (Lipinski definition) is 1. The molecule has 4 nitrogen and oxygen atoms in total. The van der Waals surface area contributed by atoms with Crippen LogP contribution in [0.4, 0.5) is 0 Å². The van der Waals surface area contributed by atoms with Crippen LogP contribution in [0.15, 0.2) is 82.0 Å². The van der Waals surface area contributed by atoms with Gasteiger partial charge in [-0.1, -0.05) is 54.6 Å². The Morgan fingerprint density at radius 3 is 2.46 bits per heavy atom. The van der Waals surface area contributed by atoms with Gasteiger partial charge in [-0.05, 0) is 25.1 Å². The molecule has 1 aromatic heterocycles. The SMILES string of the molecule is CCOc1cccc(Cc2c(-c3ccccc3)oc3ccccc3c2=O)c1O. The molecule has 4 rings (SSSR count). The first-order valence-corrected chi connectivity index (χ1v) is 9.23. The second kappa shape index (κ2) is 7.61. The van der Waals surface area contributed by atoms with Gasteiger partial charge in [0.2, 0.25) is 0 Å². The van der Waals surface area contributed by atoms with Gasteiger partial charge in [-0.3, -0.25) is 4.79 Å². The molecule has 4 aromatic rings. The average Bonchev–Trinajstić information content (AvgIpc) is 2.73.